The van der Waals surface area contributed by atoms with Crippen molar-refractivity contribution in [2.24, 2.45) is 5.10 Å². The summed E-state index contributed by atoms with van der Waals surface area (Å²) in [6.45, 7) is 3.20. The topological polar surface area (TPSA) is 128 Å². The molecule has 1 amide bonds. The van der Waals surface area contributed by atoms with Crippen molar-refractivity contribution in [2.75, 3.05) is 0 Å². The van der Waals surface area contributed by atoms with Gasteiger partial charge in [0.1, 0.15) is 0 Å². The highest BCUT2D eigenvalue weighted by molar-refractivity contribution is 6.01. The summed E-state index contributed by atoms with van der Waals surface area (Å²) in [7, 11) is 0. The van der Waals surface area contributed by atoms with Crippen LogP contribution >= 0.6 is 0 Å². The maximum absolute atomic E-state index is 12.1. The lowest BCUT2D eigenvalue weighted by molar-refractivity contribution is -0.385. The van der Waals surface area contributed by atoms with Crippen LogP contribution in [0.4, 0.5) is 11.4 Å². The Bertz CT molecular complexity index is 875. The van der Waals surface area contributed by atoms with E-state index in [-0.39, 0.29) is 16.9 Å². The Morgan fingerprint density at radius 1 is 1.00 bits per heavy atom. The van der Waals surface area contributed by atoms with Gasteiger partial charge in [0.25, 0.3) is 17.3 Å². The van der Waals surface area contributed by atoms with Gasteiger partial charge in [-0.25, -0.2) is 5.43 Å². The summed E-state index contributed by atoms with van der Waals surface area (Å²) in [5, 5.41) is 25.5. The molecule has 0 aliphatic heterocycles. The van der Waals surface area contributed by atoms with E-state index < -0.39 is 15.8 Å². The van der Waals surface area contributed by atoms with Gasteiger partial charge in [-0.15, -0.1) is 0 Å². The fourth-order valence-electron chi connectivity index (χ4n) is 2.04. The molecule has 0 heterocycles. The number of nitro groups is 2. The van der Waals surface area contributed by atoms with E-state index in [2.05, 4.69) is 10.5 Å². The van der Waals surface area contributed by atoms with Crippen LogP contribution in [0.2, 0.25) is 0 Å². The minimum atomic E-state index is -0.593. The van der Waals surface area contributed by atoms with Crippen LogP contribution in [0.1, 0.15) is 28.4 Å². The van der Waals surface area contributed by atoms with Gasteiger partial charge in [-0.3, -0.25) is 25.0 Å². The Hall–Kier alpha value is -3.62. The van der Waals surface area contributed by atoms with Gasteiger partial charge in [-0.1, -0.05) is 6.07 Å². The van der Waals surface area contributed by atoms with Gasteiger partial charge in [0, 0.05) is 29.3 Å². The van der Waals surface area contributed by atoms with Crippen molar-refractivity contribution >= 4 is 23.0 Å². The fourth-order valence-corrected chi connectivity index (χ4v) is 2.04. The summed E-state index contributed by atoms with van der Waals surface area (Å²) in [6, 6.07) is 9.83. The second-order valence-electron chi connectivity index (χ2n) is 5.20. The van der Waals surface area contributed by atoms with E-state index >= 15 is 0 Å². The van der Waals surface area contributed by atoms with Crippen molar-refractivity contribution in [3.05, 3.63) is 79.4 Å². The Morgan fingerprint density at radius 2 is 1.60 bits per heavy atom. The molecule has 0 aromatic heterocycles. The monoisotopic (exact) mass is 342 g/mol. The van der Waals surface area contributed by atoms with Crippen LogP contribution in [-0.4, -0.2) is 21.5 Å². The Balaban J connectivity index is 2.15. The summed E-state index contributed by atoms with van der Waals surface area (Å²) in [5.41, 5.74) is 3.71. The number of nitrogens with one attached hydrogen (secondary N) is 1. The van der Waals surface area contributed by atoms with Crippen molar-refractivity contribution < 1.29 is 14.6 Å². The number of hydrogen-bond donors (Lipinski definition) is 1. The largest absolute Gasteiger partial charge is 0.273 e. The standard InChI is InChI=1S/C16H14N4O5/c1-10-3-4-13(9-15(10)20(24)25)16(21)18-17-11(2)12-5-7-14(8-6-12)19(22)23/h3-9H,1-2H3,(H,18,21)/b17-11+. The fraction of sp³-hybridized carbons (Fsp3) is 0.125. The van der Waals surface area contributed by atoms with Gasteiger partial charge < -0.3 is 0 Å². The molecule has 0 bridgehead atoms. The number of carbonyl (C=O) groups is 1. The predicted molar refractivity (Wildman–Crippen MR) is 90.6 cm³/mol. The van der Waals surface area contributed by atoms with Crippen LogP contribution in [0.3, 0.4) is 0 Å². The molecule has 0 spiro atoms. The van der Waals surface area contributed by atoms with Crippen LogP contribution < -0.4 is 5.43 Å². The van der Waals surface area contributed by atoms with Crippen LogP contribution in [0.5, 0.6) is 0 Å². The van der Waals surface area contributed by atoms with E-state index in [1.54, 1.807) is 13.8 Å². The number of hydrazone groups is 1. The van der Waals surface area contributed by atoms with Crippen molar-refractivity contribution in [3.63, 3.8) is 0 Å². The second kappa shape index (κ2) is 7.30. The van der Waals surface area contributed by atoms with Gasteiger partial charge in [-0.2, -0.15) is 5.10 Å². The van der Waals surface area contributed by atoms with Gasteiger partial charge in [-0.05, 0) is 37.6 Å². The number of aryl methyl sites for hydroxylation is 1. The number of carbonyl (C=O) groups excluding carboxylic acids is 1. The second-order valence-corrected chi connectivity index (χ2v) is 5.20. The highest BCUT2D eigenvalue weighted by atomic mass is 16.6. The molecule has 0 fully saturated rings. The molecule has 0 unspecified atom stereocenters. The molecule has 0 radical (unpaired) electrons. The number of nitrogens with zero attached hydrogens (tertiary/aromatic N) is 3. The Kier molecular flexibility index (Phi) is 5.18. The van der Waals surface area contributed by atoms with E-state index in [4.69, 9.17) is 0 Å². The molecule has 0 aliphatic carbocycles. The zero-order chi connectivity index (χ0) is 18.6. The maximum Gasteiger partial charge on any atom is 0.273 e. The first-order valence-corrected chi connectivity index (χ1v) is 7.14. The predicted octanol–water partition coefficient (Wildman–Crippen LogP) is 2.97. The number of nitro benzene ring substituents is 2. The van der Waals surface area contributed by atoms with E-state index in [1.807, 2.05) is 0 Å². The third-order valence-corrected chi connectivity index (χ3v) is 3.49. The molecule has 128 valence electrons. The normalized spacial score (nSPS) is 11.0. The smallest absolute Gasteiger partial charge is 0.267 e. The number of benzene rings is 2. The molecule has 1 N–H and O–H groups in total. The van der Waals surface area contributed by atoms with Crippen LogP contribution in [0.25, 0.3) is 0 Å². The average molecular weight is 342 g/mol. The molecule has 9 nitrogen and oxygen atoms in total. The molecule has 0 atom stereocenters. The van der Waals surface area contributed by atoms with E-state index in [9.17, 15) is 25.0 Å². The molecule has 2 aromatic rings. The van der Waals surface area contributed by atoms with Gasteiger partial charge in [0.2, 0.25) is 0 Å². The van der Waals surface area contributed by atoms with Gasteiger partial charge >= 0.3 is 0 Å². The van der Waals surface area contributed by atoms with Crippen molar-refractivity contribution in [2.45, 2.75) is 13.8 Å². The van der Waals surface area contributed by atoms with Crippen LogP contribution in [-0.2, 0) is 0 Å². The van der Waals surface area contributed by atoms with Crippen LogP contribution in [0.15, 0.2) is 47.6 Å². The van der Waals surface area contributed by atoms with E-state index in [0.29, 0.717) is 16.8 Å². The first-order valence-electron chi connectivity index (χ1n) is 7.14. The number of non-ortho nitro benzene ring substituents is 1. The first-order chi connectivity index (χ1) is 11.8. The molecule has 9 heteroatoms. The Labute approximate surface area is 142 Å². The molecule has 2 rings (SSSR count). The zero-order valence-corrected chi connectivity index (χ0v) is 13.4. The first kappa shape index (κ1) is 17.7. The van der Waals surface area contributed by atoms with Gasteiger partial charge in [0.05, 0.1) is 15.6 Å². The lowest BCUT2D eigenvalue weighted by Gasteiger charge is -2.04. The number of hydrogen-bond acceptors (Lipinski definition) is 6. The lowest BCUT2D eigenvalue weighted by atomic mass is 10.1. The summed E-state index contributed by atoms with van der Waals surface area (Å²) < 4.78 is 0. The minimum absolute atomic E-state index is 0.0486. The molecule has 0 aliphatic rings. The number of amides is 1. The molecule has 25 heavy (non-hydrogen) atoms. The SMILES string of the molecule is C/C(=N\NC(=O)c1ccc(C)c([N+](=O)[O-])c1)c1ccc([N+](=O)[O-])cc1. The van der Waals surface area contributed by atoms with Crippen molar-refractivity contribution in [1.29, 1.82) is 0 Å². The molecule has 2 aromatic carbocycles. The molecule has 0 saturated heterocycles. The summed E-state index contributed by atoms with van der Waals surface area (Å²) in [4.78, 5) is 32.6. The van der Waals surface area contributed by atoms with E-state index in [0.717, 1.165) is 0 Å². The van der Waals surface area contributed by atoms with Crippen molar-refractivity contribution in [1.82, 2.24) is 5.43 Å². The highest BCUT2D eigenvalue weighted by Crippen LogP contribution is 2.19. The Morgan fingerprint density at radius 3 is 2.16 bits per heavy atom. The molecular formula is C16H14N4O5. The summed E-state index contributed by atoms with van der Waals surface area (Å²) in [6.07, 6.45) is 0. The van der Waals surface area contributed by atoms with E-state index in [1.165, 1.54) is 42.5 Å². The average Bonchev–Trinajstić information content (AvgIpc) is 2.59. The minimum Gasteiger partial charge on any atom is -0.267 e. The summed E-state index contributed by atoms with van der Waals surface area (Å²) >= 11 is 0. The quantitative estimate of drug-likeness (QED) is 0.507. The summed E-state index contributed by atoms with van der Waals surface area (Å²) in [5.74, 6) is -0.593. The zero-order valence-electron chi connectivity index (χ0n) is 13.4. The molecule has 0 saturated carbocycles. The third-order valence-electron chi connectivity index (χ3n) is 3.49. The maximum atomic E-state index is 12.1. The number of rotatable bonds is 5. The third kappa shape index (κ3) is 4.22. The molecular weight excluding hydrogens is 328 g/mol. The highest BCUT2D eigenvalue weighted by Gasteiger charge is 2.15. The van der Waals surface area contributed by atoms with Crippen LogP contribution in [0, 0.1) is 27.2 Å². The van der Waals surface area contributed by atoms with Gasteiger partial charge in [0.15, 0.2) is 0 Å². The van der Waals surface area contributed by atoms with Crippen molar-refractivity contribution in [3.8, 4) is 0 Å². The lowest BCUT2D eigenvalue weighted by Crippen LogP contribution is -2.19.